The summed E-state index contributed by atoms with van der Waals surface area (Å²) in [6.07, 6.45) is 7.36. The summed E-state index contributed by atoms with van der Waals surface area (Å²) in [7, 11) is 0. The highest BCUT2D eigenvalue weighted by atomic mass is 35.5. The Balaban J connectivity index is 0.00000131. The monoisotopic (exact) mass is 416 g/mol. The summed E-state index contributed by atoms with van der Waals surface area (Å²) >= 11 is 0. The first kappa shape index (κ1) is 22.2. The second kappa shape index (κ2) is 10.5. The number of nitrogens with one attached hydrogen (secondary N) is 2. The Morgan fingerprint density at radius 3 is 2.63 bits per heavy atom. The van der Waals surface area contributed by atoms with E-state index < -0.39 is 0 Å². The summed E-state index contributed by atoms with van der Waals surface area (Å²) < 4.78 is 5.39. The number of anilines is 1. The third-order valence-electron chi connectivity index (χ3n) is 5.68. The molecule has 3 aliphatic rings. The zero-order valence-corrected chi connectivity index (χ0v) is 17.2. The van der Waals surface area contributed by atoms with Gasteiger partial charge in [0.15, 0.2) is 0 Å². The van der Waals surface area contributed by atoms with Crippen LogP contribution in [-0.4, -0.2) is 49.3 Å². The molecule has 0 radical (unpaired) electrons. The molecule has 152 valence electrons. The molecular weight excluding hydrogens is 387 g/mol. The second-order valence-electron chi connectivity index (χ2n) is 7.58. The normalized spacial score (nSPS) is 26.7. The van der Waals surface area contributed by atoms with Crippen molar-refractivity contribution in [2.45, 2.75) is 50.7 Å². The van der Waals surface area contributed by atoms with E-state index in [-0.39, 0.29) is 30.7 Å². The highest BCUT2D eigenvalue weighted by molar-refractivity contribution is 5.85. The van der Waals surface area contributed by atoms with Crippen LogP contribution in [0.4, 0.5) is 5.82 Å². The van der Waals surface area contributed by atoms with Gasteiger partial charge in [0.1, 0.15) is 5.82 Å². The van der Waals surface area contributed by atoms with Crippen LogP contribution in [0.15, 0.2) is 18.3 Å². The van der Waals surface area contributed by atoms with Crippen molar-refractivity contribution in [2.24, 2.45) is 5.92 Å². The van der Waals surface area contributed by atoms with Crippen molar-refractivity contribution < 1.29 is 9.53 Å². The Morgan fingerprint density at radius 2 is 1.93 bits per heavy atom. The average Bonchev–Trinajstić information content (AvgIpc) is 2.99. The maximum Gasteiger partial charge on any atom is 0.220 e. The molecule has 1 amide bonds. The molecule has 0 aromatic carbocycles. The summed E-state index contributed by atoms with van der Waals surface area (Å²) in [5.41, 5.74) is 1.11. The molecular formula is C19H30Cl2N4O2. The van der Waals surface area contributed by atoms with Crippen LogP contribution in [-0.2, 0) is 16.1 Å². The number of pyridine rings is 1. The molecule has 0 aliphatic carbocycles. The maximum absolute atomic E-state index is 12.3. The van der Waals surface area contributed by atoms with Gasteiger partial charge in [-0.1, -0.05) is 0 Å². The number of ether oxygens (including phenoxy) is 1. The van der Waals surface area contributed by atoms with Crippen molar-refractivity contribution >= 4 is 36.5 Å². The number of halogens is 2. The van der Waals surface area contributed by atoms with Crippen LogP contribution >= 0.6 is 24.8 Å². The van der Waals surface area contributed by atoms with E-state index in [1.165, 1.54) is 12.8 Å². The van der Waals surface area contributed by atoms with E-state index >= 15 is 0 Å². The van der Waals surface area contributed by atoms with Crippen molar-refractivity contribution in [2.75, 3.05) is 31.2 Å². The SMILES string of the molecule is Cl.Cl.O=C(CC1CC2CCC(C1)N2)NCc1ccnc(N2CCOCC2)c1. The minimum absolute atomic E-state index is 0. The molecule has 0 spiro atoms. The smallest absolute Gasteiger partial charge is 0.220 e. The predicted octanol–water partition coefficient (Wildman–Crippen LogP) is 2.30. The molecule has 3 aliphatic heterocycles. The van der Waals surface area contributed by atoms with E-state index in [9.17, 15) is 4.79 Å². The topological polar surface area (TPSA) is 66.5 Å². The van der Waals surface area contributed by atoms with Gasteiger partial charge in [0.05, 0.1) is 13.2 Å². The summed E-state index contributed by atoms with van der Waals surface area (Å²) in [5, 5.41) is 6.73. The fourth-order valence-electron chi connectivity index (χ4n) is 4.41. The number of rotatable bonds is 5. The largest absolute Gasteiger partial charge is 0.378 e. The Labute approximate surface area is 173 Å². The highest BCUT2D eigenvalue weighted by Crippen LogP contribution is 2.32. The number of carbonyl (C=O) groups is 1. The molecule has 3 fully saturated rings. The van der Waals surface area contributed by atoms with Gasteiger partial charge in [-0.2, -0.15) is 0 Å². The first-order chi connectivity index (χ1) is 12.3. The van der Waals surface area contributed by atoms with Crippen molar-refractivity contribution in [3.63, 3.8) is 0 Å². The first-order valence-electron chi connectivity index (χ1n) is 9.56. The molecule has 4 heterocycles. The fraction of sp³-hybridized carbons (Fsp3) is 0.684. The van der Waals surface area contributed by atoms with Crippen molar-refractivity contribution in [1.29, 1.82) is 0 Å². The molecule has 2 bridgehead atoms. The third-order valence-corrected chi connectivity index (χ3v) is 5.68. The average molecular weight is 417 g/mol. The van der Waals surface area contributed by atoms with Crippen LogP contribution < -0.4 is 15.5 Å². The minimum atomic E-state index is 0. The quantitative estimate of drug-likeness (QED) is 0.770. The lowest BCUT2D eigenvalue weighted by molar-refractivity contribution is -0.122. The zero-order chi connectivity index (χ0) is 17.1. The Morgan fingerprint density at radius 1 is 1.22 bits per heavy atom. The van der Waals surface area contributed by atoms with Crippen molar-refractivity contribution in [3.8, 4) is 0 Å². The van der Waals surface area contributed by atoms with Gasteiger partial charge in [0.25, 0.3) is 0 Å². The van der Waals surface area contributed by atoms with Gasteiger partial charge in [-0.05, 0) is 49.3 Å². The lowest BCUT2D eigenvalue weighted by atomic mass is 9.89. The molecule has 0 saturated carbocycles. The number of nitrogens with zero attached hydrogens (tertiary/aromatic N) is 2. The lowest BCUT2D eigenvalue weighted by Gasteiger charge is -2.28. The van der Waals surface area contributed by atoms with Gasteiger partial charge in [-0.3, -0.25) is 4.79 Å². The van der Waals surface area contributed by atoms with E-state index in [0.717, 1.165) is 50.5 Å². The van der Waals surface area contributed by atoms with Gasteiger partial charge in [-0.25, -0.2) is 4.98 Å². The second-order valence-corrected chi connectivity index (χ2v) is 7.58. The minimum Gasteiger partial charge on any atom is -0.378 e. The molecule has 1 aromatic heterocycles. The number of carbonyl (C=O) groups excluding carboxylic acids is 1. The molecule has 4 rings (SSSR count). The fourth-order valence-corrected chi connectivity index (χ4v) is 4.41. The summed E-state index contributed by atoms with van der Waals surface area (Å²) in [4.78, 5) is 19.0. The zero-order valence-electron chi connectivity index (χ0n) is 15.6. The molecule has 8 heteroatoms. The third kappa shape index (κ3) is 5.95. The number of aromatic nitrogens is 1. The molecule has 2 atom stereocenters. The van der Waals surface area contributed by atoms with Gasteiger partial charge in [-0.15, -0.1) is 24.8 Å². The van der Waals surface area contributed by atoms with Crippen LogP contribution in [0, 0.1) is 5.92 Å². The van der Waals surface area contributed by atoms with Crippen molar-refractivity contribution in [3.05, 3.63) is 23.9 Å². The molecule has 3 saturated heterocycles. The van der Waals surface area contributed by atoms with Gasteiger partial charge in [0, 0.05) is 44.3 Å². The number of fused-ring (bicyclic) bond motifs is 2. The summed E-state index contributed by atoms with van der Waals surface area (Å²) in [6.45, 7) is 3.83. The Bertz CT molecular complexity index is 601. The molecule has 1 aromatic rings. The number of amides is 1. The predicted molar refractivity (Wildman–Crippen MR) is 111 cm³/mol. The molecule has 27 heavy (non-hydrogen) atoms. The van der Waals surface area contributed by atoms with Crippen LogP contribution in [0.25, 0.3) is 0 Å². The highest BCUT2D eigenvalue weighted by Gasteiger charge is 2.34. The Hall–Kier alpha value is -1.08. The summed E-state index contributed by atoms with van der Waals surface area (Å²) in [5.74, 6) is 1.70. The van der Waals surface area contributed by atoms with E-state index in [4.69, 9.17) is 4.74 Å². The van der Waals surface area contributed by atoms with E-state index in [0.29, 0.717) is 31.0 Å². The van der Waals surface area contributed by atoms with Gasteiger partial charge >= 0.3 is 0 Å². The standard InChI is InChI=1S/C19H28N4O2.2ClH/c24-19(12-15-9-16-1-2-17(10-15)22-16)21-13-14-3-4-20-18(11-14)23-5-7-25-8-6-23;;/h3-4,11,15-17,22H,1-2,5-10,12-13H2,(H,21,24);2*1H. The Kier molecular flexibility index (Phi) is 8.61. The van der Waals surface area contributed by atoms with Gasteiger partial charge < -0.3 is 20.3 Å². The van der Waals surface area contributed by atoms with Crippen LogP contribution in [0.1, 0.15) is 37.7 Å². The molecule has 2 N–H and O–H groups in total. The van der Waals surface area contributed by atoms with Crippen molar-refractivity contribution in [1.82, 2.24) is 15.6 Å². The van der Waals surface area contributed by atoms with E-state index in [1.807, 2.05) is 12.3 Å². The first-order valence-corrected chi connectivity index (χ1v) is 9.56. The number of hydrogen-bond acceptors (Lipinski definition) is 5. The van der Waals surface area contributed by atoms with Crippen LogP contribution in [0.3, 0.4) is 0 Å². The number of hydrogen-bond donors (Lipinski definition) is 2. The number of morpholine rings is 1. The summed E-state index contributed by atoms with van der Waals surface area (Å²) in [6, 6.07) is 5.35. The number of piperidine rings is 1. The lowest BCUT2D eigenvalue weighted by Crippen LogP contribution is -2.39. The van der Waals surface area contributed by atoms with E-state index in [1.54, 1.807) is 0 Å². The molecule has 2 unspecified atom stereocenters. The maximum atomic E-state index is 12.3. The van der Waals surface area contributed by atoms with Crippen LogP contribution in [0.2, 0.25) is 0 Å². The van der Waals surface area contributed by atoms with Gasteiger partial charge in [0.2, 0.25) is 5.91 Å². The molecule has 6 nitrogen and oxygen atoms in total. The van der Waals surface area contributed by atoms with Crippen LogP contribution in [0.5, 0.6) is 0 Å². The van der Waals surface area contributed by atoms with E-state index in [2.05, 4.69) is 26.6 Å².